The van der Waals surface area contributed by atoms with Crippen molar-refractivity contribution in [3.05, 3.63) is 40.4 Å². The van der Waals surface area contributed by atoms with Gasteiger partial charge >= 0.3 is 0 Å². The van der Waals surface area contributed by atoms with Crippen LogP contribution in [-0.4, -0.2) is 20.4 Å². The number of hydrogen-bond donors (Lipinski definition) is 1. The third-order valence-electron chi connectivity index (χ3n) is 3.44. The van der Waals surface area contributed by atoms with Crippen molar-refractivity contribution in [1.29, 1.82) is 0 Å². The normalized spacial score (nSPS) is 12.9. The molecule has 5 heteroatoms. The smallest absolute Gasteiger partial charge is 0.131 e. The summed E-state index contributed by atoms with van der Waals surface area (Å²) in [5.41, 5.74) is 9.30. The van der Waals surface area contributed by atoms with Crippen LogP contribution in [0.3, 0.4) is 0 Å². The van der Waals surface area contributed by atoms with E-state index in [0.717, 1.165) is 30.6 Å². The summed E-state index contributed by atoms with van der Waals surface area (Å²) in [5.74, 6) is 0. The molecule has 2 heterocycles. The summed E-state index contributed by atoms with van der Waals surface area (Å²) in [4.78, 5) is 0. The molecule has 0 aliphatic carbocycles. The number of nitrogens with zero attached hydrogens (tertiary/aromatic N) is 3. The van der Waals surface area contributed by atoms with Crippen LogP contribution in [0.15, 0.2) is 18.5 Å². The summed E-state index contributed by atoms with van der Waals surface area (Å²) in [6.45, 7) is 4.85. The SMILES string of the molecule is CCC(N)Cc1ccn(Cc2c(C)nn(C)c2Cl)c1. The van der Waals surface area contributed by atoms with Crippen molar-refractivity contribution in [2.45, 2.75) is 39.3 Å². The van der Waals surface area contributed by atoms with Crippen LogP contribution in [0.2, 0.25) is 5.15 Å². The van der Waals surface area contributed by atoms with E-state index in [1.165, 1.54) is 5.56 Å². The predicted molar refractivity (Wildman–Crippen MR) is 78.5 cm³/mol. The van der Waals surface area contributed by atoms with E-state index < -0.39 is 0 Å². The van der Waals surface area contributed by atoms with Gasteiger partial charge in [0, 0.05) is 31.0 Å². The van der Waals surface area contributed by atoms with Crippen LogP contribution in [-0.2, 0) is 20.0 Å². The summed E-state index contributed by atoms with van der Waals surface area (Å²) in [5, 5.41) is 5.03. The van der Waals surface area contributed by atoms with Crippen LogP contribution in [0.1, 0.15) is 30.2 Å². The first-order chi connectivity index (χ1) is 9.01. The number of aryl methyl sites for hydroxylation is 2. The van der Waals surface area contributed by atoms with Crippen molar-refractivity contribution in [3.63, 3.8) is 0 Å². The van der Waals surface area contributed by atoms with Crippen molar-refractivity contribution >= 4 is 11.6 Å². The Bertz CT molecular complexity index is 556. The maximum absolute atomic E-state index is 6.24. The lowest BCUT2D eigenvalue weighted by atomic mass is 10.1. The Morgan fingerprint density at radius 2 is 2.21 bits per heavy atom. The molecule has 4 nitrogen and oxygen atoms in total. The quantitative estimate of drug-likeness (QED) is 0.915. The molecule has 0 aliphatic heterocycles. The molecule has 0 saturated carbocycles. The lowest BCUT2D eigenvalue weighted by Gasteiger charge is -2.06. The molecular formula is C14H21ClN4. The van der Waals surface area contributed by atoms with Gasteiger partial charge in [0.25, 0.3) is 0 Å². The highest BCUT2D eigenvalue weighted by Crippen LogP contribution is 2.20. The average molecular weight is 281 g/mol. The highest BCUT2D eigenvalue weighted by molar-refractivity contribution is 6.30. The molecule has 0 aliphatic rings. The Hall–Kier alpha value is -1.26. The van der Waals surface area contributed by atoms with E-state index in [1.807, 2.05) is 14.0 Å². The van der Waals surface area contributed by atoms with Gasteiger partial charge in [-0.15, -0.1) is 0 Å². The van der Waals surface area contributed by atoms with Crippen molar-refractivity contribution in [2.24, 2.45) is 12.8 Å². The number of rotatable bonds is 5. The predicted octanol–water partition coefficient (Wildman–Crippen LogP) is 2.51. The summed E-state index contributed by atoms with van der Waals surface area (Å²) >= 11 is 6.24. The van der Waals surface area contributed by atoms with Crippen molar-refractivity contribution < 1.29 is 0 Å². The topological polar surface area (TPSA) is 48.8 Å². The summed E-state index contributed by atoms with van der Waals surface area (Å²) < 4.78 is 3.84. The number of nitrogens with two attached hydrogens (primary N) is 1. The lowest BCUT2D eigenvalue weighted by molar-refractivity contribution is 0.645. The Labute approximate surface area is 119 Å². The van der Waals surface area contributed by atoms with E-state index in [9.17, 15) is 0 Å². The van der Waals surface area contributed by atoms with Crippen LogP contribution in [0, 0.1) is 6.92 Å². The van der Waals surface area contributed by atoms with E-state index in [0.29, 0.717) is 5.15 Å². The first kappa shape index (κ1) is 14.2. The highest BCUT2D eigenvalue weighted by Gasteiger charge is 2.12. The Morgan fingerprint density at radius 1 is 1.47 bits per heavy atom. The highest BCUT2D eigenvalue weighted by atomic mass is 35.5. The zero-order valence-electron chi connectivity index (χ0n) is 11.7. The van der Waals surface area contributed by atoms with Crippen LogP contribution < -0.4 is 5.73 Å². The summed E-state index contributed by atoms with van der Waals surface area (Å²) in [6.07, 6.45) is 6.13. The van der Waals surface area contributed by atoms with E-state index in [1.54, 1.807) is 4.68 Å². The van der Waals surface area contributed by atoms with E-state index in [2.05, 4.69) is 35.0 Å². The van der Waals surface area contributed by atoms with Crippen LogP contribution in [0.25, 0.3) is 0 Å². The van der Waals surface area contributed by atoms with Gasteiger partial charge in [-0.25, -0.2) is 0 Å². The van der Waals surface area contributed by atoms with Gasteiger partial charge in [-0.3, -0.25) is 4.68 Å². The average Bonchev–Trinajstić information content (AvgIpc) is 2.90. The van der Waals surface area contributed by atoms with E-state index in [4.69, 9.17) is 17.3 Å². The summed E-state index contributed by atoms with van der Waals surface area (Å²) in [6, 6.07) is 2.36. The Kier molecular flexibility index (Phi) is 4.32. The molecule has 0 radical (unpaired) electrons. The maximum atomic E-state index is 6.24. The molecule has 19 heavy (non-hydrogen) atoms. The number of hydrogen-bond acceptors (Lipinski definition) is 2. The second-order valence-electron chi connectivity index (χ2n) is 5.04. The van der Waals surface area contributed by atoms with Gasteiger partial charge in [-0.2, -0.15) is 5.10 Å². The molecule has 0 spiro atoms. The first-order valence-electron chi connectivity index (χ1n) is 6.59. The Morgan fingerprint density at radius 3 is 2.79 bits per heavy atom. The minimum atomic E-state index is 0.236. The lowest BCUT2D eigenvalue weighted by Crippen LogP contribution is -2.21. The third-order valence-corrected chi connectivity index (χ3v) is 3.92. The molecule has 2 aromatic rings. The molecule has 2 N–H and O–H groups in total. The standard InChI is InChI=1S/C14H21ClN4/c1-4-12(16)7-11-5-6-19(8-11)9-13-10(2)17-18(3)14(13)15/h5-6,8,12H,4,7,9,16H2,1-3H3. The van der Waals surface area contributed by atoms with Gasteiger partial charge in [0.2, 0.25) is 0 Å². The third kappa shape index (κ3) is 3.19. The first-order valence-corrected chi connectivity index (χ1v) is 6.97. The van der Waals surface area contributed by atoms with Gasteiger partial charge in [-0.05, 0) is 31.4 Å². The van der Waals surface area contributed by atoms with E-state index >= 15 is 0 Å². The Balaban J connectivity index is 2.11. The van der Waals surface area contributed by atoms with E-state index in [-0.39, 0.29) is 6.04 Å². The molecule has 2 rings (SSSR count). The largest absolute Gasteiger partial charge is 0.349 e. The van der Waals surface area contributed by atoms with Gasteiger partial charge in [-0.1, -0.05) is 18.5 Å². The molecule has 2 aromatic heterocycles. The zero-order valence-corrected chi connectivity index (χ0v) is 12.5. The molecule has 0 amide bonds. The molecule has 0 aromatic carbocycles. The van der Waals surface area contributed by atoms with Crippen LogP contribution in [0.4, 0.5) is 0 Å². The monoisotopic (exact) mass is 280 g/mol. The minimum Gasteiger partial charge on any atom is -0.349 e. The van der Waals surface area contributed by atoms with Crippen molar-refractivity contribution in [1.82, 2.24) is 14.3 Å². The summed E-state index contributed by atoms with van der Waals surface area (Å²) in [7, 11) is 1.86. The van der Waals surface area contributed by atoms with Gasteiger partial charge < -0.3 is 10.3 Å². The zero-order chi connectivity index (χ0) is 14.0. The van der Waals surface area contributed by atoms with Crippen LogP contribution in [0.5, 0.6) is 0 Å². The second kappa shape index (κ2) is 5.80. The van der Waals surface area contributed by atoms with Crippen molar-refractivity contribution in [3.8, 4) is 0 Å². The van der Waals surface area contributed by atoms with Gasteiger partial charge in [0.15, 0.2) is 0 Å². The molecule has 0 fully saturated rings. The second-order valence-corrected chi connectivity index (χ2v) is 5.40. The van der Waals surface area contributed by atoms with Gasteiger partial charge in [0.05, 0.1) is 12.2 Å². The fraction of sp³-hybridized carbons (Fsp3) is 0.500. The fourth-order valence-corrected chi connectivity index (χ4v) is 2.43. The minimum absolute atomic E-state index is 0.236. The number of aromatic nitrogens is 3. The molecule has 0 saturated heterocycles. The van der Waals surface area contributed by atoms with Crippen molar-refractivity contribution in [2.75, 3.05) is 0 Å². The number of halogens is 1. The molecule has 104 valence electrons. The fourth-order valence-electron chi connectivity index (χ4n) is 2.19. The molecular weight excluding hydrogens is 260 g/mol. The molecule has 0 bridgehead atoms. The maximum Gasteiger partial charge on any atom is 0.131 e. The van der Waals surface area contributed by atoms with Gasteiger partial charge in [0.1, 0.15) is 5.15 Å². The van der Waals surface area contributed by atoms with Crippen LogP contribution >= 0.6 is 11.6 Å². The molecule has 1 atom stereocenters. The molecule has 1 unspecified atom stereocenters.